The molecule has 2 rings (SSSR count). The first-order chi connectivity index (χ1) is 10.6. The Hall–Kier alpha value is -2.06. The van der Waals surface area contributed by atoms with E-state index in [2.05, 4.69) is 18.3 Å². The molecule has 0 aliphatic carbocycles. The van der Waals surface area contributed by atoms with Crippen molar-refractivity contribution in [2.24, 2.45) is 5.92 Å². The van der Waals surface area contributed by atoms with E-state index in [1.54, 1.807) is 6.07 Å². The van der Waals surface area contributed by atoms with Crippen molar-refractivity contribution >= 4 is 11.7 Å². The van der Waals surface area contributed by atoms with E-state index in [-0.39, 0.29) is 6.03 Å². The molecule has 0 saturated carbocycles. The second-order valence-corrected chi connectivity index (χ2v) is 5.75. The zero-order valence-electron chi connectivity index (χ0n) is 13.3. The number of amides is 2. The van der Waals surface area contributed by atoms with Gasteiger partial charge in [-0.15, -0.1) is 0 Å². The lowest BCUT2D eigenvalue weighted by Gasteiger charge is -2.17. The molecular formula is C17H23N3O2. The number of hydrogen-bond donors (Lipinski definition) is 1. The summed E-state index contributed by atoms with van der Waals surface area (Å²) in [6.07, 6.45) is 2.00. The van der Waals surface area contributed by atoms with Crippen molar-refractivity contribution in [3.63, 3.8) is 0 Å². The van der Waals surface area contributed by atoms with Crippen LogP contribution in [0.5, 0.6) is 0 Å². The van der Waals surface area contributed by atoms with E-state index in [4.69, 9.17) is 10.00 Å². The summed E-state index contributed by atoms with van der Waals surface area (Å²) in [5.74, 6) is 0.421. The van der Waals surface area contributed by atoms with Crippen LogP contribution in [0.15, 0.2) is 18.2 Å². The van der Waals surface area contributed by atoms with Gasteiger partial charge in [-0.1, -0.05) is 13.0 Å². The van der Waals surface area contributed by atoms with Crippen LogP contribution in [0.3, 0.4) is 0 Å². The van der Waals surface area contributed by atoms with Crippen LogP contribution >= 0.6 is 0 Å². The first kappa shape index (κ1) is 16.3. The minimum atomic E-state index is -0.106. The highest BCUT2D eigenvalue weighted by Crippen LogP contribution is 2.19. The lowest BCUT2D eigenvalue weighted by Crippen LogP contribution is -2.33. The lowest BCUT2D eigenvalue weighted by atomic mass is 10.1. The number of urea groups is 1. The zero-order chi connectivity index (χ0) is 15.9. The predicted octanol–water partition coefficient (Wildman–Crippen LogP) is 3.15. The van der Waals surface area contributed by atoms with Crippen LogP contribution in [0, 0.1) is 24.2 Å². The molecular weight excluding hydrogens is 278 g/mol. The van der Waals surface area contributed by atoms with Crippen LogP contribution in [0.4, 0.5) is 10.5 Å². The summed E-state index contributed by atoms with van der Waals surface area (Å²) in [5.41, 5.74) is 2.16. The molecule has 5 nitrogen and oxygen atoms in total. The van der Waals surface area contributed by atoms with Crippen LogP contribution in [-0.4, -0.2) is 37.2 Å². The molecule has 1 aromatic rings. The van der Waals surface area contributed by atoms with E-state index >= 15 is 0 Å². The van der Waals surface area contributed by atoms with Gasteiger partial charge in [0, 0.05) is 31.3 Å². The third kappa shape index (κ3) is 4.22. The number of rotatable bonds is 5. The van der Waals surface area contributed by atoms with Gasteiger partial charge in [0.25, 0.3) is 0 Å². The fourth-order valence-electron chi connectivity index (χ4n) is 2.57. The van der Waals surface area contributed by atoms with Gasteiger partial charge in [0.15, 0.2) is 0 Å². The van der Waals surface area contributed by atoms with E-state index in [1.807, 2.05) is 24.0 Å². The van der Waals surface area contributed by atoms with Crippen LogP contribution in [0.25, 0.3) is 0 Å². The van der Waals surface area contributed by atoms with Crippen LogP contribution in [0.2, 0.25) is 0 Å². The highest BCUT2D eigenvalue weighted by atomic mass is 16.5. The summed E-state index contributed by atoms with van der Waals surface area (Å²) >= 11 is 0. The third-order valence-corrected chi connectivity index (χ3v) is 3.88. The predicted molar refractivity (Wildman–Crippen MR) is 85.7 cm³/mol. The number of nitrogens with one attached hydrogen (secondary N) is 1. The molecule has 22 heavy (non-hydrogen) atoms. The van der Waals surface area contributed by atoms with Crippen LogP contribution in [0.1, 0.15) is 30.9 Å². The van der Waals surface area contributed by atoms with E-state index in [9.17, 15) is 4.79 Å². The topological polar surface area (TPSA) is 65.4 Å². The summed E-state index contributed by atoms with van der Waals surface area (Å²) in [6.45, 7) is 6.95. The Balaban J connectivity index is 1.87. The van der Waals surface area contributed by atoms with Gasteiger partial charge >= 0.3 is 6.03 Å². The number of anilines is 1. The Morgan fingerprint density at radius 2 is 2.36 bits per heavy atom. The molecule has 0 bridgehead atoms. The van der Waals surface area contributed by atoms with Crippen LogP contribution in [-0.2, 0) is 4.74 Å². The lowest BCUT2D eigenvalue weighted by molar-refractivity contribution is 0.103. The summed E-state index contributed by atoms with van der Waals surface area (Å²) in [7, 11) is 0. The summed E-state index contributed by atoms with van der Waals surface area (Å²) in [4.78, 5) is 14.1. The van der Waals surface area contributed by atoms with Crippen molar-refractivity contribution in [1.82, 2.24) is 4.90 Å². The van der Waals surface area contributed by atoms with Crippen molar-refractivity contribution < 1.29 is 9.53 Å². The molecule has 2 amide bonds. The molecule has 0 spiro atoms. The fraction of sp³-hybridized carbons (Fsp3) is 0.529. The second kappa shape index (κ2) is 7.81. The Kier molecular flexibility index (Phi) is 5.79. The Bertz CT molecular complexity index is 566. The third-order valence-electron chi connectivity index (χ3n) is 3.88. The quantitative estimate of drug-likeness (QED) is 0.850. The van der Waals surface area contributed by atoms with Gasteiger partial charge in [-0.3, -0.25) is 0 Å². The number of carbonyl (C=O) groups is 1. The second-order valence-electron chi connectivity index (χ2n) is 5.75. The van der Waals surface area contributed by atoms with Crippen LogP contribution < -0.4 is 5.32 Å². The minimum Gasteiger partial charge on any atom is -0.381 e. The molecule has 5 heteroatoms. The van der Waals surface area contributed by atoms with Gasteiger partial charge in [0.2, 0.25) is 0 Å². The zero-order valence-corrected chi connectivity index (χ0v) is 13.3. The smallest absolute Gasteiger partial charge is 0.321 e. The average Bonchev–Trinajstić information content (AvgIpc) is 2.98. The van der Waals surface area contributed by atoms with Crippen molar-refractivity contribution in [3.8, 4) is 6.07 Å². The van der Waals surface area contributed by atoms with Crippen molar-refractivity contribution in [2.75, 3.05) is 31.6 Å². The number of hydrogen-bond acceptors (Lipinski definition) is 3. The van der Waals surface area contributed by atoms with Crippen molar-refractivity contribution in [1.29, 1.82) is 5.26 Å². The van der Waals surface area contributed by atoms with Gasteiger partial charge in [-0.2, -0.15) is 5.26 Å². The molecule has 0 aromatic heterocycles. The number of likely N-dealkylation sites (tertiary alicyclic amines) is 1. The maximum atomic E-state index is 12.3. The number of nitrogens with zero attached hydrogens (tertiary/aromatic N) is 2. The first-order valence-corrected chi connectivity index (χ1v) is 7.78. The SMILES string of the molecule is CCCOCC1CCN(C(=O)Nc2ccc(C)c(C#N)c2)C1. The molecule has 1 aromatic carbocycles. The number of carbonyl (C=O) groups excluding carboxylic acids is 1. The number of ether oxygens (including phenoxy) is 1. The Morgan fingerprint density at radius 3 is 3.09 bits per heavy atom. The Labute approximate surface area is 131 Å². The normalized spacial score (nSPS) is 17.3. The molecule has 1 N–H and O–H groups in total. The maximum absolute atomic E-state index is 12.3. The minimum absolute atomic E-state index is 0.106. The molecule has 1 saturated heterocycles. The van der Waals surface area contributed by atoms with Gasteiger partial charge < -0.3 is 15.0 Å². The molecule has 0 radical (unpaired) electrons. The van der Waals surface area contributed by atoms with Gasteiger partial charge in [0.1, 0.15) is 0 Å². The van der Waals surface area contributed by atoms with Gasteiger partial charge in [-0.05, 0) is 37.5 Å². The number of aryl methyl sites for hydroxylation is 1. The van der Waals surface area contributed by atoms with E-state index in [0.717, 1.165) is 44.7 Å². The summed E-state index contributed by atoms with van der Waals surface area (Å²) in [6, 6.07) is 7.41. The fourth-order valence-corrected chi connectivity index (χ4v) is 2.57. The first-order valence-electron chi connectivity index (χ1n) is 7.78. The monoisotopic (exact) mass is 301 g/mol. The highest BCUT2D eigenvalue weighted by Gasteiger charge is 2.26. The molecule has 1 unspecified atom stereocenters. The summed E-state index contributed by atoms with van der Waals surface area (Å²) in [5, 5.41) is 11.9. The summed E-state index contributed by atoms with van der Waals surface area (Å²) < 4.78 is 5.56. The van der Waals surface area contributed by atoms with Crippen molar-refractivity contribution in [2.45, 2.75) is 26.7 Å². The molecule has 118 valence electrons. The number of benzene rings is 1. The van der Waals surface area contributed by atoms with E-state index < -0.39 is 0 Å². The largest absolute Gasteiger partial charge is 0.381 e. The molecule has 1 fully saturated rings. The molecule has 1 atom stereocenters. The standard InChI is InChI=1S/C17H23N3O2/c1-3-8-22-12-14-6-7-20(11-14)17(21)19-16-5-4-13(2)15(9-16)10-18/h4-5,9,14H,3,6-8,11-12H2,1-2H3,(H,19,21). The van der Waals surface area contributed by atoms with Crippen molar-refractivity contribution in [3.05, 3.63) is 29.3 Å². The highest BCUT2D eigenvalue weighted by molar-refractivity contribution is 5.89. The van der Waals surface area contributed by atoms with E-state index in [0.29, 0.717) is 17.2 Å². The maximum Gasteiger partial charge on any atom is 0.321 e. The molecule has 1 heterocycles. The number of nitriles is 1. The molecule has 1 aliphatic heterocycles. The van der Waals surface area contributed by atoms with E-state index in [1.165, 1.54) is 0 Å². The van der Waals surface area contributed by atoms with Gasteiger partial charge in [0.05, 0.1) is 18.2 Å². The molecule has 1 aliphatic rings. The Morgan fingerprint density at radius 1 is 1.55 bits per heavy atom. The average molecular weight is 301 g/mol. The van der Waals surface area contributed by atoms with Gasteiger partial charge in [-0.25, -0.2) is 4.79 Å².